The van der Waals surface area contributed by atoms with E-state index in [1.807, 2.05) is 13.8 Å². The Bertz CT molecular complexity index is 1850. The number of unbranched alkanes of at least 4 members (excludes halogenated alkanes) is 2. The van der Waals surface area contributed by atoms with Crippen LogP contribution < -0.4 is 71.2 Å². The number of carboxylic acid groups (broad SMARTS) is 2. The largest absolute Gasteiger partial charge is 0.481 e. The highest BCUT2D eigenvalue weighted by Crippen LogP contribution is 2.12. The lowest BCUT2D eigenvalue weighted by atomic mass is 9.99. The van der Waals surface area contributed by atoms with Crippen molar-refractivity contribution in [3.63, 3.8) is 0 Å². The van der Waals surface area contributed by atoms with Gasteiger partial charge < -0.3 is 86.5 Å². The van der Waals surface area contributed by atoms with Crippen molar-refractivity contribution in [1.29, 1.82) is 0 Å². The number of rotatable bonds is 37. The zero-order valence-electron chi connectivity index (χ0n) is 43.7. The van der Waals surface area contributed by atoms with Gasteiger partial charge in [-0.05, 0) is 109 Å². The second-order valence-electron chi connectivity index (χ2n) is 19.3. The van der Waals surface area contributed by atoms with Gasteiger partial charge >= 0.3 is 11.9 Å². The highest BCUT2D eigenvalue weighted by atomic mass is 16.4. The van der Waals surface area contributed by atoms with Gasteiger partial charge in [-0.2, -0.15) is 0 Å². The van der Waals surface area contributed by atoms with Gasteiger partial charge in [-0.1, -0.05) is 41.5 Å². The normalized spacial score (nSPS) is 15.4. The van der Waals surface area contributed by atoms with Gasteiger partial charge in [0.25, 0.3) is 0 Å². The number of nitrogens with one attached hydrogen (secondary N) is 8. The van der Waals surface area contributed by atoms with E-state index in [0.29, 0.717) is 19.3 Å². The summed E-state index contributed by atoms with van der Waals surface area (Å²) >= 11 is 0. The van der Waals surface area contributed by atoms with E-state index in [1.165, 1.54) is 13.8 Å². The number of carbonyl (C=O) groups is 10. The number of nitrogens with two attached hydrogens (primary N) is 5. The van der Waals surface area contributed by atoms with Gasteiger partial charge in [-0.15, -0.1) is 0 Å². The fourth-order valence-corrected chi connectivity index (χ4v) is 7.06. The molecule has 0 aromatic carbocycles. The molecule has 21 N–H and O–H groups in total. The first kappa shape index (κ1) is 66.8. The van der Waals surface area contributed by atoms with Crippen molar-refractivity contribution in [2.24, 2.45) is 51.4 Å². The number of carboxylic acids is 2. The standard InChI is InChI=1S/C46H86N14O13/c1-23(2)20-31(58-43(70)35(49)25(5)6)41(68)56-29(15-10-12-18-48)40(67)60-36(27(8)61)44(71)53-26(7)37(64)54-30(16-13-19-52-46(50)51)38(65)55-28(14-9-11-17-47)39(66)57-32(22-34(62)63)42(69)59-33(45(72)73)21-24(3)4/h23-33,35-36,61H,9-22,47-49H2,1-8H3,(H,53,71)(H,54,64)(H,55,65)(H,56,68)(H,57,66)(H,58,70)(H,59,69)(H,60,67)(H,62,63)(H,72,73)(H4,50,51,52)/t26-,27+,28-,29-,30-,31-,32-,33-,35-,36-/m0/s1. The van der Waals surface area contributed by atoms with Gasteiger partial charge in [0.1, 0.15) is 48.3 Å². The van der Waals surface area contributed by atoms with Crippen LogP contribution in [0.2, 0.25) is 0 Å². The van der Waals surface area contributed by atoms with Crippen LogP contribution in [0.5, 0.6) is 0 Å². The second-order valence-corrected chi connectivity index (χ2v) is 19.3. The van der Waals surface area contributed by atoms with Crippen molar-refractivity contribution in [3.8, 4) is 0 Å². The molecule has 0 aliphatic heterocycles. The predicted octanol–water partition coefficient (Wildman–Crippen LogP) is -3.79. The first-order valence-electron chi connectivity index (χ1n) is 24.8. The third kappa shape index (κ3) is 27.4. The molecule has 0 spiro atoms. The van der Waals surface area contributed by atoms with E-state index < -0.39 is 126 Å². The maximum atomic E-state index is 14.0. The minimum absolute atomic E-state index is 0.00123. The monoisotopic (exact) mass is 1040 g/mol. The minimum Gasteiger partial charge on any atom is -0.481 e. The number of hydrogen-bond acceptors (Lipinski definition) is 15. The lowest BCUT2D eigenvalue weighted by Gasteiger charge is -2.28. The average molecular weight is 1040 g/mol. The zero-order valence-corrected chi connectivity index (χ0v) is 43.7. The summed E-state index contributed by atoms with van der Waals surface area (Å²) in [5, 5.41) is 49.7. The summed E-state index contributed by atoms with van der Waals surface area (Å²) in [4.78, 5) is 136. The van der Waals surface area contributed by atoms with Crippen molar-refractivity contribution in [1.82, 2.24) is 42.5 Å². The summed E-state index contributed by atoms with van der Waals surface area (Å²) in [5.41, 5.74) is 28.3. The van der Waals surface area contributed by atoms with Crippen LogP contribution in [0.25, 0.3) is 0 Å². The van der Waals surface area contributed by atoms with E-state index >= 15 is 0 Å². The molecule has 0 fully saturated rings. The molecule has 73 heavy (non-hydrogen) atoms. The van der Waals surface area contributed by atoms with Gasteiger partial charge in [-0.25, -0.2) is 4.79 Å². The van der Waals surface area contributed by atoms with Crippen molar-refractivity contribution in [3.05, 3.63) is 0 Å². The smallest absolute Gasteiger partial charge is 0.326 e. The van der Waals surface area contributed by atoms with Crippen molar-refractivity contribution in [2.45, 2.75) is 186 Å². The molecule has 0 aliphatic carbocycles. The van der Waals surface area contributed by atoms with Crippen molar-refractivity contribution < 1.29 is 63.3 Å². The molecule has 0 saturated heterocycles. The third-order valence-corrected chi connectivity index (χ3v) is 11.2. The molecular formula is C46H86N14O13. The molecular weight excluding hydrogens is 957 g/mol. The van der Waals surface area contributed by atoms with Crippen LogP contribution in [0.1, 0.15) is 126 Å². The van der Waals surface area contributed by atoms with E-state index in [2.05, 4.69) is 47.5 Å². The van der Waals surface area contributed by atoms with Crippen LogP contribution in [0.4, 0.5) is 0 Å². The number of aliphatic hydroxyl groups is 1. The first-order valence-corrected chi connectivity index (χ1v) is 24.8. The highest BCUT2D eigenvalue weighted by Gasteiger charge is 2.36. The summed E-state index contributed by atoms with van der Waals surface area (Å²) in [7, 11) is 0. The number of carbonyl (C=O) groups excluding carboxylic acids is 8. The molecule has 27 heteroatoms. The van der Waals surface area contributed by atoms with Gasteiger partial charge in [0.2, 0.25) is 47.3 Å². The van der Waals surface area contributed by atoms with E-state index in [4.69, 9.17) is 28.7 Å². The lowest BCUT2D eigenvalue weighted by molar-refractivity contribution is -0.144. The fraction of sp³-hybridized carbons (Fsp3) is 0.761. The summed E-state index contributed by atoms with van der Waals surface area (Å²) in [6.45, 7) is 13.5. The van der Waals surface area contributed by atoms with Crippen molar-refractivity contribution in [2.75, 3.05) is 19.6 Å². The Morgan fingerprint density at radius 1 is 0.479 bits per heavy atom. The molecule has 418 valence electrons. The van der Waals surface area contributed by atoms with Crippen LogP contribution in [0, 0.1) is 17.8 Å². The van der Waals surface area contributed by atoms with Crippen LogP contribution in [-0.4, -0.2) is 161 Å². The highest BCUT2D eigenvalue weighted by molar-refractivity contribution is 5.98. The molecule has 0 aliphatic rings. The van der Waals surface area contributed by atoms with Gasteiger partial charge in [0, 0.05) is 6.54 Å². The summed E-state index contributed by atoms with van der Waals surface area (Å²) < 4.78 is 0. The Morgan fingerprint density at radius 2 is 0.877 bits per heavy atom. The Hall–Kier alpha value is -6.19. The second kappa shape index (κ2) is 35.0. The van der Waals surface area contributed by atoms with E-state index in [0.717, 1.165) is 0 Å². The van der Waals surface area contributed by atoms with Gasteiger partial charge in [0.05, 0.1) is 18.6 Å². The summed E-state index contributed by atoms with van der Waals surface area (Å²) in [6, 6.07) is -12.4. The number of aliphatic hydroxyl groups excluding tert-OH is 1. The lowest BCUT2D eigenvalue weighted by Crippen LogP contribution is -2.61. The molecule has 8 amide bonds. The number of nitrogens with zero attached hydrogens (tertiary/aromatic N) is 1. The Balaban J connectivity index is 6.56. The number of amides is 8. The number of aliphatic imine (C=N–C) groups is 1. The molecule has 0 bridgehead atoms. The predicted molar refractivity (Wildman–Crippen MR) is 270 cm³/mol. The zero-order chi connectivity index (χ0) is 56.1. The van der Waals surface area contributed by atoms with Crippen LogP contribution in [0.15, 0.2) is 4.99 Å². The quantitative estimate of drug-likeness (QED) is 0.0161. The van der Waals surface area contributed by atoms with Crippen LogP contribution in [-0.2, 0) is 47.9 Å². The Labute approximate surface area is 427 Å². The number of guanidine groups is 1. The van der Waals surface area contributed by atoms with Crippen molar-refractivity contribution >= 4 is 65.2 Å². The van der Waals surface area contributed by atoms with Crippen LogP contribution >= 0.6 is 0 Å². The molecule has 0 saturated carbocycles. The topological polar surface area (TPSA) is 470 Å². The maximum Gasteiger partial charge on any atom is 0.326 e. The molecule has 0 heterocycles. The van der Waals surface area contributed by atoms with Gasteiger partial charge in [-0.3, -0.25) is 48.1 Å². The molecule has 0 aromatic heterocycles. The minimum atomic E-state index is -1.76. The maximum absolute atomic E-state index is 14.0. The molecule has 0 rings (SSSR count). The third-order valence-electron chi connectivity index (χ3n) is 11.2. The number of hydrogen-bond donors (Lipinski definition) is 16. The SMILES string of the molecule is CC(C)C[C@H](NC(=O)[C@H](CC(=O)O)NC(=O)[C@H](CCCCN)NC(=O)[C@H](CCCN=C(N)N)NC(=O)[C@H](C)NC(=O)[C@@H](NC(=O)[C@H](CCCCN)NC(=O)[C@H](CC(C)C)NC(=O)[C@@H](N)C(C)C)[C@@H](C)O)C(=O)O. The molecule has 10 atom stereocenters. The summed E-state index contributed by atoms with van der Waals surface area (Å²) in [6.07, 6.45) is -0.876. The van der Waals surface area contributed by atoms with Gasteiger partial charge in [0.15, 0.2) is 5.96 Å². The van der Waals surface area contributed by atoms with E-state index in [-0.39, 0.29) is 88.3 Å². The Kier molecular flexibility index (Phi) is 32.1. The van der Waals surface area contributed by atoms with E-state index in [1.54, 1.807) is 27.7 Å². The summed E-state index contributed by atoms with van der Waals surface area (Å²) in [5.74, 6) is -10.7. The van der Waals surface area contributed by atoms with Crippen LogP contribution in [0.3, 0.4) is 0 Å². The van der Waals surface area contributed by atoms with E-state index in [9.17, 15) is 63.3 Å². The number of aliphatic carboxylic acids is 2. The fourth-order valence-electron chi connectivity index (χ4n) is 7.06. The molecule has 0 unspecified atom stereocenters. The first-order chi connectivity index (χ1) is 34.1. The molecule has 0 radical (unpaired) electrons. The average Bonchev–Trinajstić information content (AvgIpc) is 3.28. The molecule has 0 aromatic rings. The molecule has 27 nitrogen and oxygen atoms in total. The Morgan fingerprint density at radius 3 is 1.30 bits per heavy atom.